The van der Waals surface area contributed by atoms with E-state index in [2.05, 4.69) is 11.1 Å². The van der Waals surface area contributed by atoms with E-state index in [0.717, 1.165) is 33.3 Å². The third-order valence-electron chi connectivity index (χ3n) is 5.24. The zero-order valence-electron chi connectivity index (χ0n) is 17.1. The van der Waals surface area contributed by atoms with Gasteiger partial charge in [-0.3, -0.25) is 9.36 Å². The molecule has 0 bridgehead atoms. The van der Waals surface area contributed by atoms with Gasteiger partial charge in [-0.05, 0) is 60.9 Å². The molecule has 2 heterocycles. The van der Waals surface area contributed by atoms with Gasteiger partial charge in [-0.25, -0.2) is 4.98 Å². The van der Waals surface area contributed by atoms with E-state index in [1.807, 2.05) is 74.5 Å². The number of nitrogens with zero attached hydrogens (tertiary/aromatic N) is 2. The summed E-state index contributed by atoms with van der Waals surface area (Å²) >= 11 is 7.57. The van der Waals surface area contributed by atoms with Crippen LogP contribution in [-0.4, -0.2) is 14.5 Å². The average molecular weight is 446 g/mol. The van der Waals surface area contributed by atoms with Crippen molar-refractivity contribution in [2.24, 2.45) is 0 Å². The second kappa shape index (κ2) is 7.91. The van der Waals surface area contributed by atoms with Crippen molar-refractivity contribution in [1.82, 2.24) is 14.5 Å². The fourth-order valence-corrected chi connectivity index (χ4v) is 4.96. The van der Waals surface area contributed by atoms with Crippen LogP contribution in [0.15, 0.2) is 76.7 Å². The van der Waals surface area contributed by atoms with Gasteiger partial charge in [0, 0.05) is 21.7 Å². The summed E-state index contributed by atoms with van der Waals surface area (Å²) in [5.74, 6) is 0.683. The highest BCUT2D eigenvalue weighted by Gasteiger charge is 2.17. The normalized spacial score (nSPS) is 11.5. The lowest BCUT2D eigenvalue weighted by molar-refractivity contribution is 0.817. The van der Waals surface area contributed by atoms with Gasteiger partial charge in [-0.15, -0.1) is 0 Å². The average Bonchev–Trinajstić information content (AvgIpc) is 3.12. The third-order valence-corrected chi connectivity index (χ3v) is 6.50. The first kappa shape index (κ1) is 19.9. The Balaban J connectivity index is 1.72. The molecule has 3 aromatic carbocycles. The standard InChI is InChI=1S/C25H20ClN3OS/c1-15-11-16(2)13-19(12-15)29-24(30)23-22(20-5-3-4-6-21(20)27-23)28-25(29)31-14-17-7-9-18(26)10-8-17/h3-13,27H,14H2,1-2H3. The quantitative estimate of drug-likeness (QED) is 0.256. The van der Waals surface area contributed by atoms with E-state index in [1.54, 1.807) is 16.3 Å². The Morgan fingerprint density at radius 3 is 2.45 bits per heavy atom. The first-order valence-corrected chi connectivity index (χ1v) is 11.4. The minimum atomic E-state index is -0.0928. The van der Waals surface area contributed by atoms with Crippen LogP contribution in [0.5, 0.6) is 0 Å². The molecule has 6 heteroatoms. The van der Waals surface area contributed by atoms with Gasteiger partial charge in [-0.2, -0.15) is 0 Å². The Kier molecular flexibility index (Phi) is 5.08. The van der Waals surface area contributed by atoms with Crippen molar-refractivity contribution in [2.45, 2.75) is 24.8 Å². The number of thioether (sulfide) groups is 1. The lowest BCUT2D eigenvalue weighted by Crippen LogP contribution is -2.22. The molecule has 1 N–H and O–H groups in total. The highest BCUT2D eigenvalue weighted by molar-refractivity contribution is 7.98. The maximum Gasteiger partial charge on any atom is 0.283 e. The molecule has 5 aromatic rings. The molecule has 0 saturated heterocycles. The number of hydrogen-bond donors (Lipinski definition) is 1. The molecule has 4 nitrogen and oxygen atoms in total. The molecular weight excluding hydrogens is 426 g/mol. The van der Waals surface area contributed by atoms with Crippen molar-refractivity contribution in [3.63, 3.8) is 0 Å². The number of para-hydroxylation sites is 1. The lowest BCUT2D eigenvalue weighted by atomic mass is 10.1. The van der Waals surface area contributed by atoms with Gasteiger partial charge in [0.15, 0.2) is 5.16 Å². The zero-order chi connectivity index (χ0) is 21.5. The molecule has 0 atom stereocenters. The lowest BCUT2D eigenvalue weighted by Gasteiger charge is -2.13. The van der Waals surface area contributed by atoms with Crippen molar-refractivity contribution in [3.05, 3.63) is 98.8 Å². The van der Waals surface area contributed by atoms with E-state index in [0.29, 0.717) is 27.0 Å². The molecule has 0 aliphatic carbocycles. The number of rotatable bonds is 4. The Bertz CT molecular complexity index is 1470. The van der Waals surface area contributed by atoms with Crippen LogP contribution in [0.4, 0.5) is 0 Å². The van der Waals surface area contributed by atoms with E-state index < -0.39 is 0 Å². The van der Waals surface area contributed by atoms with Crippen LogP contribution in [0, 0.1) is 13.8 Å². The Labute approximate surface area is 188 Å². The maximum atomic E-state index is 13.7. The summed E-state index contributed by atoms with van der Waals surface area (Å²) in [4.78, 5) is 21.9. The van der Waals surface area contributed by atoms with Crippen LogP contribution < -0.4 is 5.56 Å². The number of H-pyrrole nitrogens is 1. The fraction of sp³-hybridized carbons (Fsp3) is 0.120. The molecule has 0 aliphatic rings. The van der Waals surface area contributed by atoms with Crippen LogP contribution in [-0.2, 0) is 5.75 Å². The van der Waals surface area contributed by atoms with Crippen LogP contribution in [0.25, 0.3) is 27.6 Å². The van der Waals surface area contributed by atoms with E-state index >= 15 is 0 Å². The minimum Gasteiger partial charge on any atom is -0.349 e. The zero-order valence-corrected chi connectivity index (χ0v) is 18.7. The SMILES string of the molecule is Cc1cc(C)cc(-n2c(SCc3ccc(Cl)cc3)nc3c([nH]c4ccccc43)c2=O)c1. The molecule has 0 spiro atoms. The molecule has 0 saturated carbocycles. The second-order valence-corrected chi connectivity index (χ2v) is 9.07. The molecular formula is C25H20ClN3OS. The van der Waals surface area contributed by atoms with Crippen molar-refractivity contribution in [2.75, 3.05) is 0 Å². The first-order chi connectivity index (χ1) is 15.0. The third kappa shape index (κ3) is 3.75. The van der Waals surface area contributed by atoms with Gasteiger partial charge in [0.2, 0.25) is 0 Å². The summed E-state index contributed by atoms with van der Waals surface area (Å²) in [7, 11) is 0. The summed E-state index contributed by atoms with van der Waals surface area (Å²) in [6.07, 6.45) is 0. The molecule has 5 rings (SSSR count). The second-order valence-electron chi connectivity index (χ2n) is 7.69. The molecule has 0 radical (unpaired) electrons. The highest BCUT2D eigenvalue weighted by atomic mass is 35.5. The molecule has 2 aromatic heterocycles. The molecule has 0 amide bonds. The number of nitrogens with one attached hydrogen (secondary N) is 1. The van der Waals surface area contributed by atoms with Crippen LogP contribution in [0.3, 0.4) is 0 Å². The monoisotopic (exact) mass is 445 g/mol. The van der Waals surface area contributed by atoms with Gasteiger partial charge in [0.05, 0.1) is 5.69 Å². The van der Waals surface area contributed by atoms with Crippen molar-refractivity contribution >= 4 is 45.3 Å². The number of benzene rings is 3. The summed E-state index contributed by atoms with van der Waals surface area (Å²) in [6.45, 7) is 4.08. The summed E-state index contributed by atoms with van der Waals surface area (Å²) in [5, 5.41) is 2.33. The van der Waals surface area contributed by atoms with Gasteiger partial charge in [0.25, 0.3) is 5.56 Å². The van der Waals surface area contributed by atoms with E-state index in [-0.39, 0.29) is 5.56 Å². The molecule has 0 aliphatic heterocycles. The fourth-order valence-electron chi connectivity index (χ4n) is 3.88. The van der Waals surface area contributed by atoms with Crippen molar-refractivity contribution in [1.29, 1.82) is 0 Å². The van der Waals surface area contributed by atoms with Gasteiger partial charge < -0.3 is 4.98 Å². The van der Waals surface area contributed by atoms with Gasteiger partial charge in [0.1, 0.15) is 11.0 Å². The number of aryl methyl sites for hydroxylation is 2. The smallest absolute Gasteiger partial charge is 0.283 e. The van der Waals surface area contributed by atoms with E-state index in [1.165, 1.54) is 0 Å². The van der Waals surface area contributed by atoms with Gasteiger partial charge >= 0.3 is 0 Å². The predicted octanol–water partition coefficient (Wildman–Crippen LogP) is 6.43. The molecule has 154 valence electrons. The largest absolute Gasteiger partial charge is 0.349 e. The topological polar surface area (TPSA) is 50.7 Å². The number of halogens is 1. The minimum absolute atomic E-state index is 0.0928. The van der Waals surface area contributed by atoms with Crippen molar-refractivity contribution < 1.29 is 0 Å². The highest BCUT2D eigenvalue weighted by Crippen LogP contribution is 2.29. The predicted molar refractivity (Wildman–Crippen MR) is 130 cm³/mol. The Morgan fingerprint density at radius 1 is 1.00 bits per heavy atom. The van der Waals surface area contributed by atoms with Crippen molar-refractivity contribution in [3.8, 4) is 5.69 Å². The summed E-state index contributed by atoms with van der Waals surface area (Å²) in [6, 6.07) is 21.8. The molecule has 0 unspecified atom stereocenters. The van der Waals surface area contributed by atoms with E-state index in [9.17, 15) is 4.79 Å². The Hall–Kier alpha value is -3.02. The number of fused-ring (bicyclic) bond motifs is 3. The summed E-state index contributed by atoms with van der Waals surface area (Å²) in [5.41, 5.74) is 6.21. The van der Waals surface area contributed by atoms with E-state index in [4.69, 9.17) is 16.6 Å². The number of aromatic nitrogens is 3. The van der Waals surface area contributed by atoms with Crippen LogP contribution >= 0.6 is 23.4 Å². The number of hydrogen-bond acceptors (Lipinski definition) is 3. The summed E-state index contributed by atoms with van der Waals surface area (Å²) < 4.78 is 1.72. The molecule has 31 heavy (non-hydrogen) atoms. The Morgan fingerprint density at radius 2 is 1.71 bits per heavy atom. The maximum absolute atomic E-state index is 13.7. The van der Waals surface area contributed by atoms with Gasteiger partial charge in [-0.1, -0.05) is 59.8 Å². The first-order valence-electron chi connectivity index (χ1n) is 9.99. The van der Waals surface area contributed by atoms with Crippen LogP contribution in [0.1, 0.15) is 16.7 Å². The number of aromatic amines is 1. The van der Waals surface area contributed by atoms with Crippen LogP contribution in [0.2, 0.25) is 5.02 Å². The molecule has 0 fully saturated rings.